The third kappa shape index (κ3) is 3.31. The van der Waals surface area contributed by atoms with Crippen LogP contribution in [0.5, 0.6) is 0 Å². The van der Waals surface area contributed by atoms with Gasteiger partial charge in [-0.05, 0) is 68.3 Å². The molecule has 0 aromatic heterocycles. The molecule has 0 aliphatic carbocycles. The normalized spacial score (nSPS) is 11.3. The maximum absolute atomic E-state index is 12.8. The highest BCUT2D eigenvalue weighted by molar-refractivity contribution is 9.11. The molecule has 0 bridgehead atoms. The number of benzene rings is 2. The van der Waals surface area contributed by atoms with E-state index in [1.54, 1.807) is 0 Å². The number of halogens is 3. The van der Waals surface area contributed by atoms with E-state index in [2.05, 4.69) is 36.6 Å². The Bertz CT molecular complexity index is 726. The van der Waals surface area contributed by atoms with Crippen LogP contribution in [0.2, 0.25) is 0 Å². The van der Waals surface area contributed by atoms with Crippen molar-refractivity contribution in [3.8, 4) is 0 Å². The number of nitrogen functional groups attached to an aromatic ring is 1. The van der Waals surface area contributed by atoms with Crippen LogP contribution in [-0.4, -0.2) is 8.42 Å². The molecular weight excluding hydrogens is 415 g/mol. The first-order valence-corrected chi connectivity index (χ1v) is 8.39. The van der Waals surface area contributed by atoms with E-state index in [4.69, 9.17) is 5.73 Å². The number of anilines is 2. The van der Waals surface area contributed by atoms with Gasteiger partial charge in [0.15, 0.2) is 0 Å². The SMILES string of the molecule is Nc1c(Br)cc(S(=O)(=O)Nc2ccc(F)cc2)cc1Br. The Morgan fingerprint density at radius 1 is 1.05 bits per heavy atom. The molecule has 0 unspecified atom stereocenters. The van der Waals surface area contributed by atoms with E-state index in [0.29, 0.717) is 14.6 Å². The van der Waals surface area contributed by atoms with E-state index in [0.717, 1.165) is 0 Å². The molecule has 0 atom stereocenters. The molecular formula is C12H9Br2FN2O2S. The van der Waals surface area contributed by atoms with E-state index in [1.807, 2.05) is 0 Å². The molecule has 8 heteroatoms. The van der Waals surface area contributed by atoms with Gasteiger partial charge in [0.05, 0.1) is 10.6 Å². The summed E-state index contributed by atoms with van der Waals surface area (Å²) < 4.78 is 40.5. The molecule has 0 amide bonds. The molecule has 0 heterocycles. The number of rotatable bonds is 3. The minimum absolute atomic E-state index is 0.0368. The van der Waals surface area contributed by atoms with Crippen LogP contribution in [0.15, 0.2) is 50.2 Å². The first-order valence-electron chi connectivity index (χ1n) is 5.32. The Morgan fingerprint density at radius 2 is 1.55 bits per heavy atom. The quantitative estimate of drug-likeness (QED) is 0.738. The summed E-state index contributed by atoms with van der Waals surface area (Å²) in [5.41, 5.74) is 6.39. The van der Waals surface area contributed by atoms with Gasteiger partial charge >= 0.3 is 0 Å². The molecule has 20 heavy (non-hydrogen) atoms. The summed E-state index contributed by atoms with van der Waals surface area (Å²) in [6, 6.07) is 7.82. The highest BCUT2D eigenvalue weighted by atomic mass is 79.9. The van der Waals surface area contributed by atoms with Crippen molar-refractivity contribution in [1.82, 2.24) is 0 Å². The Kier molecular flexibility index (Phi) is 4.36. The molecule has 3 N–H and O–H groups in total. The average Bonchev–Trinajstić information content (AvgIpc) is 2.38. The number of hydrogen-bond acceptors (Lipinski definition) is 3. The Balaban J connectivity index is 2.38. The zero-order chi connectivity index (χ0) is 14.9. The highest BCUT2D eigenvalue weighted by Crippen LogP contribution is 2.32. The largest absolute Gasteiger partial charge is 0.397 e. The lowest BCUT2D eigenvalue weighted by atomic mass is 10.3. The lowest BCUT2D eigenvalue weighted by Crippen LogP contribution is -2.13. The van der Waals surface area contributed by atoms with Crippen molar-refractivity contribution in [3.63, 3.8) is 0 Å². The fraction of sp³-hybridized carbons (Fsp3) is 0. The van der Waals surface area contributed by atoms with Gasteiger partial charge in [0.1, 0.15) is 5.82 Å². The van der Waals surface area contributed by atoms with Crippen LogP contribution in [-0.2, 0) is 10.0 Å². The molecule has 2 aromatic carbocycles. The summed E-state index contributed by atoms with van der Waals surface area (Å²) in [6.07, 6.45) is 0. The molecule has 0 saturated carbocycles. The van der Waals surface area contributed by atoms with Crippen LogP contribution in [0.1, 0.15) is 0 Å². The summed E-state index contributed by atoms with van der Waals surface area (Å²) in [5, 5.41) is 0. The summed E-state index contributed by atoms with van der Waals surface area (Å²) >= 11 is 6.38. The Morgan fingerprint density at radius 3 is 2.05 bits per heavy atom. The molecule has 0 saturated heterocycles. The van der Waals surface area contributed by atoms with Crippen molar-refractivity contribution < 1.29 is 12.8 Å². The summed E-state index contributed by atoms with van der Waals surface area (Å²) in [6.45, 7) is 0. The lowest BCUT2D eigenvalue weighted by Gasteiger charge is -2.10. The van der Waals surface area contributed by atoms with E-state index >= 15 is 0 Å². The third-order valence-electron chi connectivity index (χ3n) is 2.46. The molecule has 106 valence electrons. The second-order valence-corrected chi connectivity index (χ2v) is 7.30. The van der Waals surface area contributed by atoms with E-state index in [1.165, 1.54) is 36.4 Å². The number of hydrogen-bond donors (Lipinski definition) is 2. The van der Waals surface area contributed by atoms with Crippen LogP contribution in [0.4, 0.5) is 15.8 Å². The predicted octanol–water partition coefficient (Wildman–Crippen LogP) is 3.73. The molecule has 0 fully saturated rings. The second kappa shape index (κ2) is 5.71. The molecule has 0 aliphatic heterocycles. The number of nitrogens with one attached hydrogen (secondary N) is 1. The summed E-state index contributed by atoms with van der Waals surface area (Å²) in [5.74, 6) is -0.439. The summed E-state index contributed by atoms with van der Waals surface area (Å²) in [7, 11) is -3.78. The molecule has 0 radical (unpaired) electrons. The van der Waals surface area contributed by atoms with Crippen molar-refractivity contribution in [1.29, 1.82) is 0 Å². The van der Waals surface area contributed by atoms with Gasteiger partial charge in [0.25, 0.3) is 10.0 Å². The molecule has 0 aliphatic rings. The van der Waals surface area contributed by atoms with Crippen molar-refractivity contribution in [2.75, 3.05) is 10.5 Å². The van der Waals surface area contributed by atoms with Crippen LogP contribution < -0.4 is 10.5 Å². The number of sulfonamides is 1. The van der Waals surface area contributed by atoms with Gasteiger partial charge in [-0.1, -0.05) is 0 Å². The monoisotopic (exact) mass is 422 g/mol. The minimum Gasteiger partial charge on any atom is -0.397 e. The van der Waals surface area contributed by atoms with Gasteiger partial charge in [0, 0.05) is 14.6 Å². The van der Waals surface area contributed by atoms with Gasteiger partial charge in [-0.3, -0.25) is 4.72 Å². The highest BCUT2D eigenvalue weighted by Gasteiger charge is 2.17. The van der Waals surface area contributed by atoms with Gasteiger partial charge in [-0.15, -0.1) is 0 Å². The van der Waals surface area contributed by atoms with E-state index in [9.17, 15) is 12.8 Å². The fourth-order valence-corrected chi connectivity index (χ4v) is 4.05. The smallest absolute Gasteiger partial charge is 0.261 e. The van der Waals surface area contributed by atoms with Gasteiger partial charge < -0.3 is 5.73 Å². The zero-order valence-corrected chi connectivity index (χ0v) is 13.9. The topological polar surface area (TPSA) is 72.2 Å². The second-order valence-electron chi connectivity index (χ2n) is 3.91. The van der Waals surface area contributed by atoms with Gasteiger partial charge in [-0.2, -0.15) is 0 Å². The maximum Gasteiger partial charge on any atom is 0.261 e. The Hall–Kier alpha value is -1.12. The van der Waals surface area contributed by atoms with Crippen LogP contribution in [0.25, 0.3) is 0 Å². The standard InChI is InChI=1S/C12H9Br2FN2O2S/c13-10-5-9(6-11(14)12(10)16)20(18,19)17-8-3-1-7(15)2-4-8/h1-6,17H,16H2. The molecule has 0 spiro atoms. The van der Waals surface area contributed by atoms with Crippen molar-refractivity contribution in [3.05, 3.63) is 51.2 Å². The number of nitrogens with two attached hydrogens (primary N) is 1. The predicted molar refractivity (Wildman–Crippen MR) is 83.5 cm³/mol. The van der Waals surface area contributed by atoms with E-state index in [-0.39, 0.29) is 10.6 Å². The minimum atomic E-state index is -3.78. The summed E-state index contributed by atoms with van der Waals surface area (Å²) in [4.78, 5) is 0.0368. The van der Waals surface area contributed by atoms with Crippen molar-refractivity contribution >= 4 is 53.3 Å². The van der Waals surface area contributed by atoms with Crippen molar-refractivity contribution in [2.24, 2.45) is 0 Å². The van der Waals surface area contributed by atoms with Gasteiger partial charge in [0.2, 0.25) is 0 Å². The maximum atomic E-state index is 12.8. The van der Waals surface area contributed by atoms with Crippen molar-refractivity contribution in [2.45, 2.75) is 4.90 Å². The van der Waals surface area contributed by atoms with Crippen LogP contribution in [0, 0.1) is 5.82 Å². The molecule has 2 rings (SSSR count). The van der Waals surface area contributed by atoms with Crippen LogP contribution >= 0.6 is 31.9 Å². The van der Waals surface area contributed by atoms with Gasteiger partial charge in [-0.25, -0.2) is 12.8 Å². The molecule has 4 nitrogen and oxygen atoms in total. The van der Waals surface area contributed by atoms with Crippen LogP contribution in [0.3, 0.4) is 0 Å². The third-order valence-corrected chi connectivity index (χ3v) is 5.13. The molecule has 2 aromatic rings. The average molecular weight is 424 g/mol. The Labute approximate surface area is 132 Å². The zero-order valence-electron chi connectivity index (χ0n) is 9.90. The first-order chi connectivity index (χ1) is 9.29. The first kappa shape index (κ1) is 15.3. The lowest BCUT2D eigenvalue weighted by molar-refractivity contribution is 0.601. The van der Waals surface area contributed by atoms with E-state index < -0.39 is 15.8 Å². The fourth-order valence-electron chi connectivity index (χ4n) is 1.45.